The highest BCUT2D eigenvalue weighted by atomic mass is 35.7. The minimum absolute atomic E-state index is 0.283. The van der Waals surface area contributed by atoms with E-state index in [9.17, 15) is 27.3 Å². The van der Waals surface area contributed by atoms with Crippen LogP contribution in [0.1, 0.15) is 17.6 Å². The van der Waals surface area contributed by atoms with Gasteiger partial charge in [0, 0.05) is 27.9 Å². The summed E-state index contributed by atoms with van der Waals surface area (Å²) < 4.78 is 47.1. The zero-order valence-electron chi connectivity index (χ0n) is 8.35. The zero-order chi connectivity index (χ0) is 13.4. The molecule has 1 aromatic carbocycles. The SMILES string of the molecule is Cc1c(C(F)F)cc(S(=O)(=O)Cl)cc1[N+](=O)[O-]. The summed E-state index contributed by atoms with van der Waals surface area (Å²) in [5, 5.41) is 10.6. The van der Waals surface area contributed by atoms with Gasteiger partial charge in [-0.1, -0.05) is 0 Å². The van der Waals surface area contributed by atoms with Crippen molar-refractivity contribution in [2.75, 3.05) is 0 Å². The van der Waals surface area contributed by atoms with Crippen molar-refractivity contribution in [2.45, 2.75) is 18.2 Å². The monoisotopic (exact) mass is 285 g/mol. The second kappa shape index (κ2) is 4.53. The lowest BCUT2D eigenvalue weighted by atomic mass is 10.1. The fourth-order valence-corrected chi connectivity index (χ4v) is 2.04. The predicted octanol–water partition coefficient (Wildman–Crippen LogP) is 2.77. The molecule has 0 aromatic heterocycles. The first-order chi connectivity index (χ1) is 7.64. The van der Waals surface area contributed by atoms with Gasteiger partial charge >= 0.3 is 0 Å². The van der Waals surface area contributed by atoms with Gasteiger partial charge < -0.3 is 0 Å². The standard InChI is InChI=1S/C8H6ClF2NO4S/c1-4-6(8(10)11)2-5(17(9,15)16)3-7(4)12(13)14/h2-3,8H,1H3. The summed E-state index contributed by atoms with van der Waals surface area (Å²) in [6.45, 7) is 1.12. The van der Waals surface area contributed by atoms with Crippen LogP contribution in [0.15, 0.2) is 17.0 Å². The van der Waals surface area contributed by atoms with Gasteiger partial charge in [0.15, 0.2) is 0 Å². The van der Waals surface area contributed by atoms with Gasteiger partial charge in [-0.3, -0.25) is 10.1 Å². The predicted molar refractivity (Wildman–Crippen MR) is 55.8 cm³/mol. The smallest absolute Gasteiger partial charge is 0.258 e. The molecule has 0 spiro atoms. The third kappa shape index (κ3) is 2.89. The van der Waals surface area contributed by atoms with Crippen molar-refractivity contribution in [3.63, 3.8) is 0 Å². The van der Waals surface area contributed by atoms with Crippen LogP contribution in [0, 0.1) is 17.0 Å². The molecule has 0 N–H and O–H groups in total. The van der Waals surface area contributed by atoms with Crippen LogP contribution < -0.4 is 0 Å². The number of nitrogens with zero attached hydrogens (tertiary/aromatic N) is 1. The van der Waals surface area contributed by atoms with E-state index in [1.165, 1.54) is 0 Å². The van der Waals surface area contributed by atoms with E-state index in [0.717, 1.165) is 6.92 Å². The van der Waals surface area contributed by atoms with E-state index in [1.54, 1.807) is 0 Å². The molecule has 0 amide bonds. The molecule has 17 heavy (non-hydrogen) atoms. The van der Waals surface area contributed by atoms with Gasteiger partial charge in [0.05, 0.1) is 9.82 Å². The van der Waals surface area contributed by atoms with Crippen LogP contribution in [0.3, 0.4) is 0 Å². The molecule has 0 fully saturated rings. The maximum absolute atomic E-state index is 12.6. The van der Waals surface area contributed by atoms with E-state index in [0.29, 0.717) is 12.1 Å². The van der Waals surface area contributed by atoms with Crippen LogP contribution in [-0.2, 0) is 9.05 Å². The summed E-state index contributed by atoms with van der Waals surface area (Å²) in [5.74, 6) is 0. The molecule has 0 radical (unpaired) electrons. The number of nitro benzene ring substituents is 1. The van der Waals surface area contributed by atoms with Crippen LogP contribution in [0.5, 0.6) is 0 Å². The Balaban J connectivity index is 3.65. The van der Waals surface area contributed by atoms with Gasteiger partial charge in [-0.2, -0.15) is 0 Å². The second-order valence-corrected chi connectivity index (χ2v) is 5.72. The van der Waals surface area contributed by atoms with Crippen LogP contribution in [0.4, 0.5) is 14.5 Å². The first-order valence-electron chi connectivity index (χ1n) is 4.16. The molecule has 5 nitrogen and oxygen atoms in total. The Morgan fingerprint density at radius 1 is 1.41 bits per heavy atom. The van der Waals surface area contributed by atoms with Crippen LogP contribution in [0.25, 0.3) is 0 Å². The second-order valence-electron chi connectivity index (χ2n) is 3.15. The highest BCUT2D eigenvalue weighted by molar-refractivity contribution is 8.13. The largest absolute Gasteiger partial charge is 0.274 e. The van der Waals surface area contributed by atoms with E-state index in [2.05, 4.69) is 0 Å². The summed E-state index contributed by atoms with van der Waals surface area (Å²) in [6, 6.07) is 1.29. The van der Waals surface area contributed by atoms with Gasteiger partial charge in [-0.05, 0) is 13.0 Å². The summed E-state index contributed by atoms with van der Waals surface area (Å²) in [4.78, 5) is 8.94. The van der Waals surface area contributed by atoms with E-state index < -0.39 is 36.5 Å². The molecule has 1 aromatic rings. The Morgan fingerprint density at radius 2 is 1.94 bits per heavy atom. The summed E-state index contributed by atoms with van der Waals surface area (Å²) >= 11 is 0. The highest BCUT2D eigenvalue weighted by Crippen LogP contribution is 2.33. The Labute approximate surface area is 99.6 Å². The van der Waals surface area contributed by atoms with E-state index in [-0.39, 0.29) is 5.56 Å². The molecule has 1 rings (SSSR count). The first-order valence-corrected chi connectivity index (χ1v) is 6.47. The molecule has 0 bridgehead atoms. The molecule has 94 valence electrons. The van der Waals surface area contributed by atoms with Gasteiger partial charge in [0.1, 0.15) is 0 Å². The number of alkyl halides is 2. The number of halogens is 3. The van der Waals surface area contributed by atoms with Crippen molar-refractivity contribution < 1.29 is 22.1 Å². The lowest BCUT2D eigenvalue weighted by molar-refractivity contribution is -0.385. The van der Waals surface area contributed by atoms with E-state index in [1.807, 2.05) is 0 Å². The third-order valence-corrected chi connectivity index (χ3v) is 3.44. The molecule has 0 unspecified atom stereocenters. The molecule has 0 saturated carbocycles. The molecule has 0 aliphatic carbocycles. The van der Waals surface area contributed by atoms with Crippen LogP contribution in [-0.4, -0.2) is 13.3 Å². The quantitative estimate of drug-likeness (QED) is 0.486. The number of rotatable bonds is 3. The van der Waals surface area contributed by atoms with Crippen molar-refractivity contribution in [3.8, 4) is 0 Å². The molecule has 0 saturated heterocycles. The van der Waals surface area contributed by atoms with Crippen molar-refractivity contribution in [1.29, 1.82) is 0 Å². The van der Waals surface area contributed by atoms with Crippen LogP contribution in [0.2, 0.25) is 0 Å². The van der Waals surface area contributed by atoms with E-state index >= 15 is 0 Å². The normalized spacial score (nSPS) is 11.8. The highest BCUT2D eigenvalue weighted by Gasteiger charge is 2.25. The average Bonchev–Trinajstić information content (AvgIpc) is 2.14. The Hall–Kier alpha value is -1.28. The van der Waals surface area contributed by atoms with Gasteiger partial charge in [-0.15, -0.1) is 0 Å². The van der Waals surface area contributed by atoms with Gasteiger partial charge in [0.25, 0.3) is 21.2 Å². The van der Waals surface area contributed by atoms with Crippen molar-refractivity contribution in [2.24, 2.45) is 0 Å². The maximum Gasteiger partial charge on any atom is 0.274 e. The Bertz CT molecular complexity index is 573. The average molecular weight is 286 g/mol. The molecular weight excluding hydrogens is 280 g/mol. The lowest BCUT2D eigenvalue weighted by Crippen LogP contribution is -2.01. The number of nitro groups is 1. The molecule has 0 aliphatic rings. The van der Waals surface area contributed by atoms with Gasteiger partial charge in [0.2, 0.25) is 0 Å². The third-order valence-electron chi connectivity index (χ3n) is 2.11. The molecule has 0 heterocycles. The lowest BCUT2D eigenvalue weighted by Gasteiger charge is -2.07. The topological polar surface area (TPSA) is 77.3 Å². The van der Waals surface area contributed by atoms with Gasteiger partial charge in [-0.25, -0.2) is 17.2 Å². The number of benzene rings is 1. The Morgan fingerprint density at radius 3 is 2.29 bits per heavy atom. The van der Waals surface area contributed by atoms with Crippen LogP contribution >= 0.6 is 10.7 Å². The number of hydrogen-bond acceptors (Lipinski definition) is 4. The van der Waals surface area contributed by atoms with Crippen molar-refractivity contribution in [1.82, 2.24) is 0 Å². The summed E-state index contributed by atoms with van der Waals surface area (Å²) in [5.41, 5.74) is -1.71. The first kappa shape index (κ1) is 13.8. The van der Waals surface area contributed by atoms with Crippen molar-refractivity contribution in [3.05, 3.63) is 33.4 Å². The number of hydrogen-bond donors (Lipinski definition) is 0. The fourth-order valence-electron chi connectivity index (χ4n) is 1.25. The summed E-state index contributed by atoms with van der Waals surface area (Å²) in [7, 11) is 0.672. The summed E-state index contributed by atoms with van der Waals surface area (Å²) in [6.07, 6.45) is -3.02. The minimum atomic E-state index is -4.30. The maximum atomic E-state index is 12.6. The molecule has 9 heteroatoms. The minimum Gasteiger partial charge on any atom is -0.258 e. The molecular formula is C8H6ClF2NO4S. The zero-order valence-corrected chi connectivity index (χ0v) is 9.93. The molecule has 0 aliphatic heterocycles. The Kier molecular flexibility index (Phi) is 3.68. The molecule has 0 atom stereocenters. The fraction of sp³-hybridized carbons (Fsp3) is 0.250. The van der Waals surface area contributed by atoms with E-state index in [4.69, 9.17) is 10.7 Å². The van der Waals surface area contributed by atoms with Crippen molar-refractivity contribution >= 4 is 25.4 Å².